The molecule has 3 aliphatic heterocycles. The van der Waals surface area contributed by atoms with Crippen molar-refractivity contribution < 1.29 is 32.1 Å². The molecule has 6 aromatic carbocycles. The van der Waals surface area contributed by atoms with Crippen molar-refractivity contribution in [3.63, 3.8) is 0 Å². The summed E-state index contributed by atoms with van der Waals surface area (Å²) in [7, 11) is 12.1. The van der Waals surface area contributed by atoms with E-state index in [-0.39, 0.29) is 52.0 Å². The van der Waals surface area contributed by atoms with Crippen LogP contribution in [0.1, 0.15) is 128 Å². The molecule has 0 N–H and O–H groups in total. The summed E-state index contributed by atoms with van der Waals surface area (Å²) in [5.74, 6) is 0.939. The average molecular weight is 1290 g/mol. The number of aromatic nitrogens is 3. The van der Waals surface area contributed by atoms with Crippen LogP contribution in [-0.2, 0) is 30.5 Å². The standard InChI is InChI=1S/C27H34FN3O.C26H31FN2O2.C25H28ClFN2O/c1-19-16-21-6-11-25(30(3)4)29-26(21)24(17-19)20(2)32-18-27(12-14-31(5)15-13-27)22-7-9-23(28)10-8-22;1-18-15-20-5-10-24(30-4)28-25(20)23(16-18)19(2)31-17-26(11-13-29(3)14-12-26)21-6-8-22(27)9-7-21;1-17-14-19-4-9-23(26)28-24(19)22(15-17)18(2)30-16-25(10-12-29(3)13-11-25)20-5-7-21(27)8-6-20/h6-11,16-17,20H,12-15,18H2,1-5H3;5-10,15-16,19H,11-14,17H2,1-4H3;4-9,14-15,18H,10-13,16H2,1-3H3. The normalized spacial score (nSPS) is 17.6. The van der Waals surface area contributed by atoms with Gasteiger partial charge in [-0.15, -0.1) is 0 Å². The molecular formula is C78H93ClF3N7O4. The number of aryl methyl sites for hydroxylation is 3. The van der Waals surface area contributed by atoms with Gasteiger partial charge >= 0.3 is 0 Å². The van der Waals surface area contributed by atoms with Gasteiger partial charge in [0.25, 0.3) is 0 Å². The summed E-state index contributed by atoms with van der Waals surface area (Å²) >= 11 is 6.18. The van der Waals surface area contributed by atoms with Crippen LogP contribution in [0.4, 0.5) is 19.0 Å². The fraction of sp³-hybridized carbons (Fsp3) is 0.423. The van der Waals surface area contributed by atoms with Gasteiger partial charge in [-0.2, -0.15) is 0 Å². The van der Waals surface area contributed by atoms with Gasteiger partial charge in [0.2, 0.25) is 5.88 Å². The molecule has 3 aliphatic rings. The van der Waals surface area contributed by atoms with Gasteiger partial charge in [0.05, 0.1) is 61.8 Å². The summed E-state index contributed by atoms with van der Waals surface area (Å²) in [5, 5.41) is 3.77. The molecule has 11 nitrogen and oxygen atoms in total. The number of likely N-dealkylation sites (tertiary alicyclic amines) is 3. The van der Waals surface area contributed by atoms with Crippen molar-refractivity contribution in [1.29, 1.82) is 0 Å². The van der Waals surface area contributed by atoms with Crippen molar-refractivity contribution in [3.8, 4) is 5.88 Å². The Labute approximate surface area is 554 Å². The van der Waals surface area contributed by atoms with Gasteiger partial charge in [0.1, 0.15) is 28.4 Å². The van der Waals surface area contributed by atoms with E-state index in [4.69, 9.17) is 40.5 Å². The van der Waals surface area contributed by atoms with Crippen molar-refractivity contribution >= 4 is 50.1 Å². The number of hydrogen-bond donors (Lipinski definition) is 0. The molecule has 6 heterocycles. The van der Waals surface area contributed by atoms with E-state index in [1.54, 1.807) is 43.5 Å². The Balaban J connectivity index is 0.000000153. The highest BCUT2D eigenvalue weighted by Gasteiger charge is 2.39. The molecule has 93 heavy (non-hydrogen) atoms. The van der Waals surface area contributed by atoms with E-state index in [9.17, 15) is 13.2 Å². The summed E-state index contributed by atoms with van der Waals surface area (Å²) in [6, 6.07) is 45.8. The number of halogens is 4. The van der Waals surface area contributed by atoms with Gasteiger partial charge in [-0.3, -0.25) is 0 Å². The Morgan fingerprint density at radius 2 is 0.753 bits per heavy atom. The number of nitrogens with zero attached hydrogens (tertiary/aromatic N) is 7. The molecule has 12 rings (SSSR count). The average Bonchev–Trinajstić information content (AvgIpc) is 1.10. The molecule has 9 aromatic rings. The Morgan fingerprint density at radius 1 is 0.441 bits per heavy atom. The number of benzene rings is 6. The van der Waals surface area contributed by atoms with Crippen molar-refractivity contribution in [1.82, 2.24) is 29.7 Å². The molecule has 0 bridgehead atoms. The molecule has 3 saturated heterocycles. The molecule has 0 aliphatic carbocycles. The first kappa shape index (κ1) is 68.8. The molecular weight excluding hydrogens is 1190 g/mol. The minimum Gasteiger partial charge on any atom is -0.481 e. The van der Waals surface area contributed by atoms with Crippen molar-refractivity contribution in [2.75, 3.05) is 106 Å². The smallest absolute Gasteiger partial charge is 0.213 e. The third-order valence-corrected chi connectivity index (χ3v) is 20.0. The minimum absolute atomic E-state index is 0.0979. The van der Waals surface area contributed by atoms with Gasteiger partial charge in [-0.25, -0.2) is 28.1 Å². The number of rotatable bonds is 17. The van der Waals surface area contributed by atoms with Gasteiger partial charge in [-0.1, -0.05) is 82.9 Å². The number of ether oxygens (including phenoxy) is 4. The van der Waals surface area contributed by atoms with E-state index in [1.165, 1.54) is 22.3 Å². The summed E-state index contributed by atoms with van der Waals surface area (Å²) in [4.78, 5) is 23.2. The fourth-order valence-electron chi connectivity index (χ4n) is 13.7. The minimum atomic E-state index is -0.203. The third-order valence-electron chi connectivity index (χ3n) is 19.8. The van der Waals surface area contributed by atoms with E-state index < -0.39 is 0 Å². The predicted molar refractivity (Wildman–Crippen MR) is 373 cm³/mol. The van der Waals surface area contributed by atoms with Gasteiger partial charge in [0, 0.05) is 69.3 Å². The maximum Gasteiger partial charge on any atom is 0.213 e. The van der Waals surface area contributed by atoms with Gasteiger partial charge < -0.3 is 38.5 Å². The Kier molecular flexibility index (Phi) is 22.3. The number of hydrogen-bond acceptors (Lipinski definition) is 11. The molecule has 3 atom stereocenters. The number of anilines is 1. The lowest BCUT2D eigenvalue weighted by Gasteiger charge is -2.41. The van der Waals surface area contributed by atoms with E-state index in [2.05, 4.69) is 131 Å². The zero-order chi connectivity index (χ0) is 66.2. The second kappa shape index (κ2) is 30.2. The van der Waals surface area contributed by atoms with Crippen LogP contribution in [0.2, 0.25) is 5.15 Å². The monoisotopic (exact) mass is 1280 g/mol. The maximum atomic E-state index is 13.6. The predicted octanol–water partition coefficient (Wildman–Crippen LogP) is 17.0. The van der Waals surface area contributed by atoms with Crippen molar-refractivity contribution in [3.05, 3.63) is 218 Å². The Morgan fingerprint density at radius 3 is 1.09 bits per heavy atom. The molecule has 0 amide bonds. The summed E-state index contributed by atoms with van der Waals surface area (Å²) in [5.41, 5.74) is 12.7. The molecule has 0 radical (unpaired) electrons. The first-order valence-electron chi connectivity index (χ1n) is 32.8. The van der Waals surface area contributed by atoms with Gasteiger partial charge in [0.15, 0.2) is 0 Å². The van der Waals surface area contributed by atoms with E-state index in [1.807, 2.05) is 79.7 Å². The largest absolute Gasteiger partial charge is 0.481 e. The van der Waals surface area contributed by atoms with Crippen LogP contribution in [0.5, 0.6) is 5.88 Å². The van der Waals surface area contributed by atoms with Crippen LogP contribution >= 0.6 is 11.6 Å². The van der Waals surface area contributed by atoms with Crippen molar-refractivity contribution in [2.24, 2.45) is 0 Å². The number of fused-ring (bicyclic) bond motifs is 3. The summed E-state index contributed by atoms with van der Waals surface area (Å²) in [6.45, 7) is 20.4. The number of piperidine rings is 3. The Hall–Kier alpha value is -7.01. The van der Waals surface area contributed by atoms with Crippen LogP contribution < -0.4 is 9.64 Å². The molecule has 3 fully saturated rings. The van der Waals surface area contributed by atoms with Crippen LogP contribution in [0.15, 0.2) is 146 Å². The SMILES string of the molecule is COc1ccc2cc(C)cc(C(C)OCC3(c4ccc(F)cc4)CCN(C)CC3)c2n1.Cc1cc(C(C)OCC2(c3ccc(F)cc3)CCN(C)CC2)c2nc(Cl)ccc2c1.Cc1cc(C(C)OCC2(c3ccc(F)cc3)CCN(C)CC2)c2nc(N(C)C)ccc2c1. The lowest BCUT2D eigenvalue weighted by molar-refractivity contribution is 0.00690. The third kappa shape index (κ3) is 16.6. The summed E-state index contributed by atoms with van der Waals surface area (Å²) < 4.78 is 65.7. The molecule has 0 spiro atoms. The molecule has 3 unspecified atom stereocenters. The molecule has 15 heteroatoms. The first-order chi connectivity index (χ1) is 44.5. The van der Waals surface area contributed by atoms with E-state index in [0.717, 1.165) is 144 Å². The van der Waals surface area contributed by atoms with Gasteiger partial charge in [-0.05, 0) is 242 Å². The zero-order valence-corrected chi connectivity index (χ0v) is 57.2. The topological polar surface area (TPSA) is 88.5 Å². The first-order valence-corrected chi connectivity index (χ1v) is 33.2. The maximum absolute atomic E-state index is 13.6. The van der Waals surface area contributed by atoms with Crippen molar-refractivity contribution in [2.45, 2.75) is 115 Å². The Bertz CT molecular complexity index is 3960. The van der Waals surface area contributed by atoms with Crippen LogP contribution in [0.3, 0.4) is 0 Å². The number of methoxy groups -OCH3 is 1. The van der Waals surface area contributed by atoms with E-state index in [0.29, 0.717) is 30.9 Å². The molecule has 492 valence electrons. The number of pyridine rings is 3. The van der Waals surface area contributed by atoms with Crippen LogP contribution in [-0.4, -0.2) is 131 Å². The summed E-state index contributed by atoms with van der Waals surface area (Å²) in [6.07, 6.45) is 5.60. The lowest BCUT2D eigenvalue weighted by Crippen LogP contribution is -2.44. The molecule has 0 saturated carbocycles. The lowest BCUT2D eigenvalue weighted by atomic mass is 9.73. The second-order valence-corrected chi connectivity index (χ2v) is 27.3. The highest BCUT2D eigenvalue weighted by atomic mass is 35.5. The van der Waals surface area contributed by atoms with E-state index >= 15 is 0 Å². The quantitative estimate of drug-likeness (QED) is 0.0817. The highest BCUT2D eigenvalue weighted by Crippen LogP contribution is 2.42. The zero-order valence-electron chi connectivity index (χ0n) is 56.5. The second-order valence-electron chi connectivity index (χ2n) is 27.0. The van der Waals surface area contributed by atoms with Crippen LogP contribution in [0.25, 0.3) is 32.7 Å². The highest BCUT2D eigenvalue weighted by molar-refractivity contribution is 6.29. The molecule has 3 aromatic heterocycles. The fourth-order valence-corrected chi connectivity index (χ4v) is 13.9. The van der Waals surface area contributed by atoms with Crippen LogP contribution in [0, 0.1) is 38.2 Å².